The summed E-state index contributed by atoms with van der Waals surface area (Å²) in [7, 11) is 0. The molecule has 2 aromatic rings. The van der Waals surface area contributed by atoms with Gasteiger partial charge in [0, 0.05) is 22.6 Å². The zero-order valence-corrected chi connectivity index (χ0v) is 14.3. The number of carbonyl (C=O) groups excluding carboxylic acids is 2. The van der Waals surface area contributed by atoms with E-state index in [2.05, 4.69) is 31.8 Å². The molecule has 0 aromatic heterocycles. The van der Waals surface area contributed by atoms with Crippen molar-refractivity contribution < 1.29 is 9.59 Å². The van der Waals surface area contributed by atoms with Gasteiger partial charge in [0.15, 0.2) is 0 Å². The smallest absolute Gasteiger partial charge is 0.271 e. The van der Waals surface area contributed by atoms with E-state index in [0.29, 0.717) is 11.3 Å². The van der Waals surface area contributed by atoms with Crippen molar-refractivity contribution in [1.82, 2.24) is 5.43 Å². The molecule has 0 atom stereocenters. The third kappa shape index (κ3) is 5.03. The van der Waals surface area contributed by atoms with Crippen LogP contribution in [-0.2, 0) is 4.79 Å². The number of nitrogens with zero attached hydrogens (tertiary/aromatic N) is 1. The summed E-state index contributed by atoms with van der Waals surface area (Å²) in [6, 6.07) is 12.4. The van der Waals surface area contributed by atoms with Gasteiger partial charge >= 0.3 is 0 Å². The molecule has 0 saturated heterocycles. The van der Waals surface area contributed by atoms with E-state index in [4.69, 9.17) is 0 Å². The summed E-state index contributed by atoms with van der Waals surface area (Å²) in [6.45, 7) is 3.43. The van der Waals surface area contributed by atoms with Gasteiger partial charge in [0.2, 0.25) is 5.91 Å². The van der Waals surface area contributed by atoms with Gasteiger partial charge in [-0.1, -0.05) is 28.1 Å². The van der Waals surface area contributed by atoms with Gasteiger partial charge in [0.05, 0.1) is 6.21 Å². The third-order valence-electron chi connectivity index (χ3n) is 3.04. The summed E-state index contributed by atoms with van der Waals surface area (Å²) in [5.41, 5.74) is 5.58. The Balaban J connectivity index is 1.97. The van der Waals surface area contributed by atoms with Gasteiger partial charge in [0.1, 0.15) is 0 Å². The largest absolute Gasteiger partial charge is 0.326 e. The zero-order chi connectivity index (χ0) is 16.8. The summed E-state index contributed by atoms with van der Waals surface area (Å²) < 4.78 is 0.987. The van der Waals surface area contributed by atoms with E-state index < -0.39 is 0 Å². The lowest BCUT2D eigenvalue weighted by Crippen LogP contribution is -2.17. The van der Waals surface area contributed by atoms with Crippen LogP contribution in [0.25, 0.3) is 0 Å². The lowest BCUT2D eigenvalue weighted by Gasteiger charge is -2.04. The first kappa shape index (κ1) is 16.9. The first-order valence-corrected chi connectivity index (χ1v) is 7.72. The summed E-state index contributed by atoms with van der Waals surface area (Å²) in [4.78, 5) is 22.9. The van der Waals surface area contributed by atoms with E-state index in [0.717, 1.165) is 15.6 Å². The molecule has 2 N–H and O–H groups in total. The van der Waals surface area contributed by atoms with Crippen molar-refractivity contribution in [3.05, 3.63) is 63.6 Å². The molecule has 0 radical (unpaired) electrons. The maximum atomic E-state index is 12.0. The molecule has 2 amide bonds. The summed E-state index contributed by atoms with van der Waals surface area (Å²) in [5.74, 6) is -0.474. The Labute approximate surface area is 142 Å². The molecule has 0 fully saturated rings. The highest BCUT2D eigenvalue weighted by atomic mass is 79.9. The second-order valence-electron chi connectivity index (χ2n) is 4.97. The van der Waals surface area contributed by atoms with Crippen LogP contribution in [0.15, 0.2) is 52.0 Å². The summed E-state index contributed by atoms with van der Waals surface area (Å²) >= 11 is 3.45. The van der Waals surface area contributed by atoms with Crippen LogP contribution in [0.1, 0.15) is 28.4 Å². The lowest BCUT2D eigenvalue weighted by molar-refractivity contribution is -0.114. The van der Waals surface area contributed by atoms with Crippen molar-refractivity contribution in [1.29, 1.82) is 0 Å². The molecule has 6 heteroatoms. The third-order valence-corrected chi connectivity index (χ3v) is 3.90. The second-order valence-corrected chi connectivity index (χ2v) is 5.82. The number of halogens is 1. The summed E-state index contributed by atoms with van der Waals surface area (Å²) in [6.07, 6.45) is 1.58. The molecular weight excluding hydrogens is 358 g/mol. The van der Waals surface area contributed by atoms with Crippen molar-refractivity contribution in [3.63, 3.8) is 0 Å². The number of rotatable bonds is 4. The highest BCUT2D eigenvalue weighted by Crippen LogP contribution is 2.16. The molecule has 0 spiro atoms. The Morgan fingerprint density at radius 3 is 2.43 bits per heavy atom. The molecule has 2 rings (SSSR count). The van der Waals surface area contributed by atoms with E-state index in [1.54, 1.807) is 30.5 Å². The average molecular weight is 374 g/mol. The molecule has 2 aromatic carbocycles. The van der Waals surface area contributed by atoms with Gasteiger partial charge in [-0.15, -0.1) is 0 Å². The van der Waals surface area contributed by atoms with Crippen LogP contribution in [-0.4, -0.2) is 18.0 Å². The number of nitrogens with one attached hydrogen (secondary N) is 2. The maximum Gasteiger partial charge on any atom is 0.271 e. The molecule has 0 aliphatic carbocycles. The Bertz CT molecular complexity index is 755. The number of benzene rings is 2. The Kier molecular flexibility index (Phi) is 5.65. The van der Waals surface area contributed by atoms with Crippen molar-refractivity contribution in [2.75, 3.05) is 5.32 Å². The first-order chi connectivity index (χ1) is 11.0. The fourth-order valence-corrected chi connectivity index (χ4v) is 2.22. The quantitative estimate of drug-likeness (QED) is 0.636. The monoisotopic (exact) mass is 373 g/mol. The van der Waals surface area contributed by atoms with Gasteiger partial charge in [0.25, 0.3) is 5.91 Å². The van der Waals surface area contributed by atoms with Crippen LogP contribution in [0.5, 0.6) is 0 Å². The van der Waals surface area contributed by atoms with Gasteiger partial charge in [-0.2, -0.15) is 5.10 Å². The molecule has 118 valence electrons. The van der Waals surface area contributed by atoms with Crippen molar-refractivity contribution in [2.24, 2.45) is 5.10 Å². The number of hydrazone groups is 1. The second kappa shape index (κ2) is 7.69. The molecule has 0 aliphatic rings. The van der Waals surface area contributed by atoms with Crippen LogP contribution in [0.4, 0.5) is 5.69 Å². The number of amides is 2. The lowest BCUT2D eigenvalue weighted by atomic mass is 10.2. The van der Waals surface area contributed by atoms with Gasteiger partial charge < -0.3 is 5.32 Å². The molecule has 0 aliphatic heterocycles. The van der Waals surface area contributed by atoms with E-state index >= 15 is 0 Å². The Hall–Kier alpha value is -2.47. The van der Waals surface area contributed by atoms with Crippen LogP contribution >= 0.6 is 15.9 Å². The molecule has 23 heavy (non-hydrogen) atoms. The number of aryl methyl sites for hydroxylation is 1. The van der Waals surface area contributed by atoms with Crippen LogP contribution < -0.4 is 10.7 Å². The van der Waals surface area contributed by atoms with Gasteiger partial charge in [-0.3, -0.25) is 9.59 Å². The number of hydrogen-bond donors (Lipinski definition) is 2. The fraction of sp³-hybridized carbons (Fsp3) is 0.118. The van der Waals surface area contributed by atoms with Crippen LogP contribution in [0.3, 0.4) is 0 Å². The molecular formula is C17H16BrN3O2. The van der Waals surface area contributed by atoms with Crippen LogP contribution in [0, 0.1) is 6.92 Å². The zero-order valence-electron chi connectivity index (χ0n) is 12.8. The normalized spacial score (nSPS) is 10.6. The van der Waals surface area contributed by atoms with E-state index in [1.165, 1.54) is 6.92 Å². The van der Waals surface area contributed by atoms with Gasteiger partial charge in [-0.25, -0.2) is 5.43 Å². The minimum Gasteiger partial charge on any atom is -0.326 e. The maximum absolute atomic E-state index is 12.0. The van der Waals surface area contributed by atoms with Crippen molar-refractivity contribution >= 4 is 39.6 Å². The number of carbonyl (C=O) groups is 2. The predicted octanol–water partition coefficient (Wildman–Crippen LogP) is 3.48. The molecule has 0 saturated carbocycles. The Morgan fingerprint density at radius 2 is 1.83 bits per heavy atom. The van der Waals surface area contributed by atoms with E-state index in [1.807, 2.05) is 25.1 Å². The minimum absolute atomic E-state index is 0.156. The van der Waals surface area contributed by atoms with Crippen molar-refractivity contribution in [2.45, 2.75) is 13.8 Å². The molecule has 0 heterocycles. The number of hydrogen-bond acceptors (Lipinski definition) is 3. The molecule has 0 unspecified atom stereocenters. The summed E-state index contributed by atoms with van der Waals surface area (Å²) in [5, 5.41) is 6.59. The average Bonchev–Trinajstić information content (AvgIpc) is 2.51. The predicted molar refractivity (Wildman–Crippen MR) is 94.7 cm³/mol. The molecule has 5 nitrogen and oxygen atoms in total. The fourth-order valence-electron chi connectivity index (χ4n) is 1.83. The van der Waals surface area contributed by atoms with Crippen molar-refractivity contribution in [3.8, 4) is 0 Å². The van der Waals surface area contributed by atoms with E-state index in [9.17, 15) is 9.59 Å². The number of anilines is 1. The minimum atomic E-state index is -0.318. The van der Waals surface area contributed by atoms with Gasteiger partial charge in [-0.05, 0) is 48.4 Å². The van der Waals surface area contributed by atoms with E-state index in [-0.39, 0.29) is 11.8 Å². The highest BCUT2D eigenvalue weighted by molar-refractivity contribution is 9.10. The topological polar surface area (TPSA) is 70.6 Å². The molecule has 0 bridgehead atoms. The first-order valence-electron chi connectivity index (χ1n) is 6.93. The Morgan fingerprint density at radius 1 is 1.13 bits per heavy atom. The van der Waals surface area contributed by atoms with Crippen LogP contribution in [0.2, 0.25) is 0 Å². The SMILES string of the molecule is CC(=O)Nc1ccc(C(=O)N/N=C\c2ccc(C)c(Br)c2)cc1. The highest BCUT2D eigenvalue weighted by Gasteiger charge is 2.04. The standard InChI is InChI=1S/C17H16BrN3O2/c1-11-3-4-13(9-16(11)18)10-19-21-17(23)14-5-7-15(8-6-14)20-12(2)22/h3-10H,1-2H3,(H,20,22)(H,21,23)/b19-10-.